The number of rotatable bonds is 7. The maximum Gasteiger partial charge on any atom is 0.313 e. The van der Waals surface area contributed by atoms with E-state index in [-0.39, 0.29) is 36.6 Å². The Kier molecular flexibility index (Phi) is 6.95. The van der Waals surface area contributed by atoms with E-state index in [0.29, 0.717) is 22.9 Å². The van der Waals surface area contributed by atoms with E-state index in [1.807, 2.05) is 0 Å². The zero-order chi connectivity index (χ0) is 19.8. The number of benzene rings is 1. The van der Waals surface area contributed by atoms with E-state index >= 15 is 0 Å². The highest BCUT2D eigenvalue weighted by atomic mass is 16.5. The van der Waals surface area contributed by atoms with Crippen molar-refractivity contribution in [3.05, 3.63) is 36.4 Å². The standard InChI is InChI=1S/C18H22N6O3/c1-11(2)18(26)27-14-6-4-3-5-12(14)23-24-13-7-8-15(22-17(13)20)21-16(25)9-10-19/h3-8,11H,9-10,19H2,1-2H3,(H3,20,21,22,25). The molecule has 27 heavy (non-hydrogen) atoms. The number of nitrogen functional groups attached to an aromatic ring is 1. The van der Waals surface area contributed by atoms with Crippen LogP contribution in [0.25, 0.3) is 0 Å². The molecule has 0 fully saturated rings. The van der Waals surface area contributed by atoms with Crippen LogP contribution in [0.2, 0.25) is 0 Å². The van der Waals surface area contributed by atoms with Crippen LogP contribution in [0.3, 0.4) is 0 Å². The number of hydrogen-bond donors (Lipinski definition) is 3. The van der Waals surface area contributed by atoms with Crippen molar-refractivity contribution in [2.45, 2.75) is 20.3 Å². The maximum atomic E-state index is 11.8. The van der Waals surface area contributed by atoms with Gasteiger partial charge in [-0.3, -0.25) is 9.59 Å². The average molecular weight is 370 g/mol. The first-order valence-electron chi connectivity index (χ1n) is 8.39. The van der Waals surface area contributed by atoms with Gasteiger partial charge in [0.25, 0.3) is 0 Å². The number of hydrogen-bond acceptors (Lipinski definition) is 8. The van der Waals surface area contributed by atoms with Gasteiger partial charge in [-0.25, -0.2) is 4.98 Å². The summed E-state index contributed by atoms with van der Waals surface area (Å²) < 4.78 is 5.31. The number of nitrogens with two attached hydrogens (primary N) is 2. The first-order chi connectivity index (χ1) is 12.9. The van der Waals surface area contributed by atoms with Crippen molar-refractivity contribution in [1.82, 2.24) is 4.98 Å². The second kappa shape index (κ2) is 9.39. The van der Waals surface area contributed by atoms with Crippen molar-refractivity contribution in [1.29, 1.82) is 0 Å². The van der Waals surface area contributed by atoms with Crippen LogP contribution in [-0.4, -0.2) is 23.4 Å². The average Bonchev–Trinajstić information content (AvgIpc) is 2.62. The van der Waals surface area contributed by atoms with Gasteiger partial charge < -0.3 is 21.5 Å². The number of nitrogens with zero attached hydrogens (tertiary/aromatic N) is 3. The number of amides is 1. The number of esters is 1. The lowest BCUT2D eigenvalue weighted by molar-refractivity contribution is -0.137. The fraction of sp³-hybridized carbons (Fsp3) is 0.278. The summed E-state index contributed by atoms with van der Waals surface area (Å²) in [5, 5.41) is 10.7. The number of ether oxygens (including phenoxy) is 1. The number of nitrogens with one attached hydrogen (secondary N) is 1. The second-order valence-corrected chi connectivity index (χ2v) is 5.93. The zero-order valence-corrected chi connectivity index (χ0v) is 15.2. The Morgan fingerprint density at radius 2 is 1.85 bits per heavy atom. The van der Waals surface area contributed by atoms with Crippen LogP contribution in [0, 0.1) is 5.92 Å². The van der Waals surface area contributed by atoms with Gasteiger partial charge in [0.15, 0.2) is 11.6 Å². The van der Waals surface area contributed by atoms with Crippen LogP contribution in [0.5, 0.6) is 5.75 Å². The Balaban J connectivity index is 2.16. The number of aromatic nitrogens is 1. The minimum absolute atomic E-state index is 0.0981. The quantitative estimate of drug-likeness (QED) is 0.388. The van der Waals surface area contributed by atoms with Crippen molar-refractivity contribution < 1.29 is 14.3 Å². The van der Waals surface area contributed by atoms with Gasteiger partial charge in [0.1, 0.15) is 17.2 Å². The molecule has 2 rings (SSSR count). The molecule has 2 aromatic rings. The molecular weight excluding hydrogens is 348 g/mol. The summed E-state index contributed by atoms with van der Waals surface area (Å²) in [7, 11) is 0. The minimum atomic E-state index is -0.364. The van der Waals surface area contributed by atoms with Crippen LogP contribution in [-0.2, 0) is 9.59 Å². The van der Waals surface area contributed by atoms with Crippen molar-refractivity contribution in [3.63, 3.8) is 0 Å². The van der Waals surface area contributed by atoms with Gasteiger partial charge >= 0.3 is 5.97 Å². The van der Waals surface area contributed by atoms with Crippen LogP contribution in [0.15, 0.2) is 46.6 Å². The van der Waals surface area contributed by atoms with E-state index in [9.17, 15) is 9.59 Å². The third-order valence-electron chi connectivity index (χ3n) is 3.35. The second-order valence-electron chi connectivity index (χ2n) is 5.93. The Bertz CT molecular complexity index is 851. The molecule has 1 aromatic heterocycles. The molecule has 9 heteroatoms. The van der Waals surface area contributed by atoms with Gasteiger partial charge in [0, 0.05) is 13.0 Å². The SMILES string of the molecule is CC(C)C(=O)Oc1ccccc1N=Nc1ccc(NC(=O)CCN)nc1N. The molecule has 0 radical (unpaired) electrons. The smallest absolute Gasteiger partial charge is 0.313 e. The number of azo groups is 1. The summed E-state index contributed by atoms with van der Waals surface area (Å²) in [5.74, 6) is -0.179. The van der Waals surface area contributed by atoms with E-state index in [1.54, 1.807) is 50.2 Å². The van der Waals surface area contributed by atoms with E-state index in [2.05, 4.69) is 20.5 Å². The predicted molar refractivity (Wildman–Crippen MR) is 102 cm³/mol. The molecule has 0 unspecified atom stereocenters. The fourth-order valence-electron chi connectivity index (χ4n) is 1.92. The number of para-hydroxylation sites is 1. The fourth-order valence-corrected chi connectivity index (χ4v) is 1.92. The summed E-state index contributed by atoms with van der Waals surface area (Å²) in [6.07, 6.45) is 0.189. The molecule has 142 valence electrons. The first-order valence-corrected chi connectivity index (χ1v) is 8.39. The van der Waals surface area contributed by atoms with Crippen LogP contribution < -0.4 is 21.5 Å². The Hall–Kier alpha value is -3.33. The van der Waals surface area contributed by atoms with Crippen LogP contribution in [0.4, 0.5) is 23.0 Å². The van der Waals surface area contributed by atoms with Gasteiger partial charge in [-0.15, -0.1) is 10.2 Å². The summed E-state index contributed by atoms with van der Waals surface area (Å²) in [4.78, 5) is 27.4. The lowest BCUT2D eigenvalue weighted by Gasteiger charge is -2.08. The zero-order valence-electron chi connectivity index (χ0n) is 15.2. The molecule has 1 aromatic carbocycles. The first kappa shape index (κ1) is 20.0. The van der Waals surface area contributed by atoms with Gasteiger partial charge in [0.2, 0.25) is 5.91 Å². The molecule has 0 aliphatic rings. The Morgan fingerprint density at radius 3 is 2.52 bits per heavy atom. The third-order valence-corrected chi connectivity index (χ3v) is 3.35. The van der Waals surface area contributed by atoms with E-state index in [1.165, 1.54) is 0 Å². The van der Waals surface area contributed by atoms with Crippen molar-refractivity contribution >= 4 is 34.9 Å². The summed E-state index contributed by atoms with van der Waals surface area (Å²) in [6, 6.07) is 9.91. The van der Waals surface area contributed by atoms with Crippen molar-refractivity contribution in [2.75, 3.05) is 17.6 Å². The third kappa shape index (κ3) is 5.86. The summed E-state index contributed by atoms with van der Waals surface area (Å²) in [5.41, 5.74) is 11.9. The Labute approximate surface area is 156 Å². The number of anilines is 2. The molecular formula is C18H22N6O3. The minimum Gasteiger partial charge on any atom is -0.424 e. The van der Waals surface area contributed by atoms with Crippen molar-refractivity contribution in [3.8, 4) is 5.75 Å². The molecule has 1 heterocycles. The molecule has 0 aliphatic heterocycles. The van der Waals surface area contributed by atoms with Gasteiger partial charge in [-0.05, 0) is 24.3 Å². The largest absolute Gasteiger partial charge is 0.424 e. The maximum absolute atomic E-state index is 11.8. The molecule has 0 spiro atoms. The Morgan fingerprint density at radius 1 is 1.15 bits per heavy atom. The van der Waals surface area contributed by atoms with E-state index < -0.39 is 0 Å². The molecule has 0 saturated heterocycles. The van der Waals surface area contributed by atoms with E-state index in [0.717, 1.165) is 0 Å². The van der Waals surface area contributed by atoms with Gasteiger partial charge in [-0.2, -0.15) is 0 Å². The monoisotopic (exact) mass is 370 g/mol. The molecule has 1 amide bonds. The molecule has 0 atom stereocenters. The highest BCUT2D eigenvalue weighted by Gasteiger charge is 2.12. The molecule has 9 nitrogen and oxygen atoms in total. The number of carbonyl (C=O) groups is 2. The van der Waals surface area contributed by atoms with E-state index in [4.69, 9.17) is 16.2 Å². The van der Waals surface area contributed by atoms with Crippen LogP contribution in [0.1, 0.15) is 20.3 Å². The molecule has 0 saturated carbocycles. The molecule has 5 N–H and O–H groups in total. The topological polar surface area (TPSA) is 145 Å². The number of pyridine rings is 1. The molecule has 0 bridgehead atoms. The lowest BCUT2D eigenvalue weighted by atomic mass is 10.2. The summed E-state index contributed by atoms with van der Waals surface area (Å²) >= 11 is 0. The summed E-state index contributed by atoms with van der Waals surface area (Å²) in [6.45, 7) is 3.73. The van der Waals surface area contributed by atoms with Crippen LogP contribution >= 0.6 is 0 Å². The lowest BCUT2D eigenvalue weighted by Crippen LogP contribution is -2.17. The highest BCUT2D eigenvalue weighted by molar-refractivity contribution is 5.90. The van der Waals surface area contributed by atoms with Crippen molar-refractivity contribution in [2.24, 2.45) is 21.9 Å². The van der Waals surface area contributed by atoms with Gasteiger partial charge in [0.05, 0.1) is 5.92 Å². The highest BCUT2D eigenvalue weighted by Crippen LogP contribution is 2.31. The number of carbonyl (C=O) groups excluding carboxylic acids is 2. The normalized spacial score (nSPS) is 11.0. The molecule has 0 aliphatic carbocycles. The predicted octanol–water partition coefficient (Wildman–Crippen LogP) is 2.93. The van der Waals surface area contributed by atoms with Gasteiger partial charge in [-0.1, -0.05) is 26.0 Å².